The minimum absolute atomic E-state index is 0.319. The van der Waals surface area contributed by atoms with E-state index in [2.05, 4.69) is 29.3 Å². The van der Waals surface area contributed by atoms with E-state index in [0.717, 1.165) is 25.9 Å². The predicted octanol–water partition coefficient (Wildman–Crippen LogP) is 1.69. The fraction of sp³-hybridized carbons (Fsp3) is 0.857. The molecular weight excluding hydrogens is 258 g/mol. The number of ether oxygens (including phenoxy) is 1. The van der Waals surface area contributed by atoms with Gasteiger partial charge in [-0.1, -0.05) is 19.0 Å². The SMILES string of the molecule is CCOC(CC)(CC)c1noc(C2(O)CCNCC2)n1. The highest BCUT2D eigenvalue weighted by Crippen LogP contribution is 2.34. The summed E-state index contributed by atoms with van der Waals surface area (Å²) in [6.45, 7) is 8.17. The molecule has 2 rings (SSSR count). The van der Waals surface area contributed by atoms with Crippen molar-refractivity contribution in [3.63, 3.8) is 0 Å². The van der Waals surface area contributed by atoms with Crippen molar-refractivity contribution in [2.75, 3.05) is 19.7 Å². The first kappa shape index (κ1) is 15.4. The fourth-order valence-corrected chi connectivity index (χ4v) is 2.76. The van der Waals surface area contributed by atoms with Crippen molar-refractivity contribution in [2.45, 2.75) is 57.7 Å². The highest BCUT2D eigenvalue weighted by Gasteiger charge is 2.40. The molecule has 0 aromatic carbocycles. The quantitative estimate of drug-likeness (QED) is 0.827. The molecule has 6 heteroatoms. The third kappa shape index (κ3) is 2.73. The van der Waals surface area contributed by atoms with E-state index in [9.17, 15) is 5.11 Å². The molecule has 6 nitrogen and oxygen atoms in total. The van der Waals surface area contributed by atoms with Crippen LogP contribution in [0, 0.1) is 0 Å². The summed E-state index contributed by atoms with van der Waals surface area (Å²) in [4.78, 5) is 4.46. The van der Waals surface area contributed by atoms with Gasteiger partial charge in [0.1, 0.15) is 11.2 Å². The minimum Gasteiger partial charge on any atom is -0.380 e. The Labute approximate surface area is 119 Å². The number of hydrogen-bond acceptors (Lipinski definition) is 6. The third-order valence-corrected chi connectivity index (χ3v) is 4.23. The van der Waals surface area contributed by atoms with Gasteiger partial charge in [-0.2, -0.15) is 4.98 Å². The molecule has 0 bridgehead atoms. The third-order valence-electron chi connectivity index (χ3n) is 4.23. The lowest BCUT2D eigenvalue weighted by molar-refractivity contribution is -0.0583. The second-order valence-electron chi connectivity index (χ2n) is 5.34. The van der Waals surface area contributed by atoms with Crippen LogP contribution in [0.2, 0.25) is 0 Å². The van der Waals surface area contributed by atoms with Gasteiger partial charge in [0.05, 0.1) is 0 Å². The molecule has 114 valence electrons. The molecule has 1 saturated heterocycles. The van der Waals surface area contributed by atoms with Gasteiger partial charge in [-0.15, -0.1) is 0 Å². The average molecular weight is 283 g/mol. The van der Waals surface area contributed by atoms with E-state index in [1.807, 2.05) is 6.92 Å². The molecule has 1 aromatic heterocycles. The molecule has 1 fully saturated rings. The Morgan fingerprint density at radius 3 is 2.50 bits per heavy atom. The molecule has 0 unspecified atom stereocenters. The van der Waals surface area contributed by atoms with Gasteiger partial charge < -0.3 is 19.7 Å². The number of aliphatic hydroxyl groups is 1. The molecular formula is C14H25N3O3. The second kappa shape index (κ2) is 6.20. The van der Waals surface area contributed by atoms with E-state index in [-0.39, 0.29) is 0 Å². The van der Waals surface area contributed by atoms with Gasteiger partial charge in [-0.3, -0.25) is 0 Å². The van der Waals surface area contributed by atoms with Gasteiger partial charge >= 0.3 is 0 Å². The van der Waals surface area contributed by atoms with Crippen LogP contribution in [-0.2, 0) is 15.9 Å². The maximum absolute atomic E-state index is 10.6. The smallest absolute Gasteiger partial charge is 0.258 e. The molecule has 20 heavy (non-hydrogen) atoms. The fourth-order valence-electron chi connectivity index (χ4n) is 2.76. The van der Waals surface area contributed by atoms with Crippen molar-refractivity contribution in [2.24, 2.45) is 0 Å². The van der Waals surface area contributed by atoms with Crippen LogP contribution in [0.1, 0.15) is 58.2 Å². The largest absolute Gasteiger partial charge is 0.380 e. The van der Waals surface area contributed by atoms with Crippen LogP contribution < -0.4 is 5.32 Å². The zero-order chi connectivity index (χ0) is 14.6. The van der Waals surface area contributed by atoms with E-state index >= 15 is 0 Å². The zero-order valence-electron chi connectivity index (χ0n) is 12.6. The molecule has 1 aromatic rings. The van der Waals surface area contributed by atoms with Crippen molar-refractivity contribution in [1.82, 2.24) is 15.5 Å². The first-order valence-corrected chi connectivity index (χ1v) is 7.52. The molecule has 0 atom stereocenters. The summed E-state index contributed by atoms with van der Waals surface area (Å²) >= 11 is 0. The maximum atomic E-state index is 10.6. The Morgan fingerprint density at radius 2 is 1.95 bits per heavy atom. The Balaban J connectivity index is 2.26. The first-order chi connectivity index (χ1) is 9.60. The van der Waals surface area contributed by atoms with Gasteiger partial charge in [0.2, 0.25) is 5.82 Å². The monoisotopic (exact) mass is 283 g/mol. The van der Waals surface area contributed by atoms with Gasteiger partial charge in [-0.05, 0) is 45.7 Å². The van der Waals surface area contributed by atoms with Crippen molar-refractivity contribution in [1.29, 1.82) is 0 Å². The highest BCUT2D eigenvalue weighted by molar-refractivity contribution is 5.06. The summed E-state index contributed by atoms with van der Waals surface area (Å²) in [7, 11) is 0. The first-order valence-electron chi connectivity index (χ1n) is 7.52. The molecule has 0 amide bonds. The zero-order valence-corrected chi connectivity index (χ0v) is 12.6. The number of rotatable bonds is 6. The predicted molar refractivity (Wildman–Crippen MR) is 74.2 cm³/mol. The standard InChI is InChI=1S/C14H25N3O3/c1-4-14(5-2,19-6-3)11-16-12(20-17-11)13(18)7-9-15-10-8-13/h15,18H,4-10H2,1-3H3. The summed E-state index contributed by atoms with van der Waals surface area (Å²) in [6.07, 6.45) is 2.73. The van der Waals surface area contributed by atoms with E-state index in [1.165, 1.54) is 0 Å². The molecule has 0 saturated carbocycles. The lowest BCUT2D eigenvalue weighted by atomic mass is 9.92. The van der Waals surface area contributed by atoms with Crippen molar-refractivity contribution >= 4 is 0 Å². The Kier molecular flexibility index (Phi) is 4.78. The Morgan fingerprint density at radius 1 is 1.30 bits per heavy atom. The highest BCUT2D eigenvalue weighted by atomic mass is 16.5. The maximum Gasteiger partial charge on any atom is 0.258 e. The van der Waals surface area contributed by atoms with Crippen molar-refractivity contribution in [3.05, 3.63) is 11.7 Å². The van der Waals surface area contributed by atoms with Crippen LogP contribution in [0.4, 0.5) is 0 Å². The minimum atomic E-state index is -1.00. The van der Waals surface area contributed by atoms with Gasteiger partial charge in [-0.25, -0.2) is 0 Å². The number of piperidine rings is 1. The molecule has 0 radical (unpaired) electrons. The summed E-state index contributed by atoms with van der Waals surface area (Å²) in [6, 6.07) is 0. The molecule has 0 spiro atoms. The van der Waals surface area contributed by atoms with E-state index < -0.39 is 11.2 Å². The van der Waals surface area contributed by atoms with Crippen LogP contribution >= 0.6 is 0 Å². The summed E-state index contributed by atoms with van der Waals surface area (Å²) < 4.78 is 11.2. The molecule has 1 aliphatic heterocycles. The lowest BCUT2D eigenvalue weighted by Gasteiger charge is -2.29. The second-order valence-corrected chi connectivity index (χ2v) is 5.34. The molecule has 1 aliphatic rings. The van der Waals surface area contributed by atoms with E-state index in [1.54, 1.807) is 0 Å². The molecule has 0 aliphatic carbocycles. The van der Waals surface area contributed by atoms with Crippen LogP contribution in [0.25, 0.3) is 0 Å². The van der Waals surface area contributed by atoms with Crippen molar-refractivity contribution in [3.8, 4) is 0 Å². The number of nitrogens with zero attached hydrogens (tertiary/aromatic N) is 2. The van der Waals surface area contributed by atoms with Gasteiger partial charge in [0.15, 0.2) is 0 Å². The van der Waals surface area contributed by atoms with Crippen LogP contribution in [0.5, 0.6) is 0 Å². The van der Waals surface area contributed by atoms with E-state index in [4.69, 9.17) is 9.26 Å². The van der Waals surface area contributed by atoms with Gasteiger partial charge in [0.25, 0.3) is 5.89 Å². The average Bonchev–Trinajstić information content (AvgIpc) is 2.97. The van der Waals surface area contributed by atoms with Crippen molar-refractivity contribution < 1.29 is 14.4 Å². The Bertz CT molecular complexity index is 423. The van der Waals surface area contributed by atoms with Crippen LogP contribution in [0.3, 0.4) is 0 Å². The molecule has 2 N–H and O–H groups in total. The summed E-state index contributed by atoms with van der Waals surface area (Å²) in [5.41, 5.74) is -1.52. The van der Waals surface area contributed by atoms with Crippen LogP contribution in [0.15, 0.2) is 4.52 Å². The normalized spacial score (nSPS) is 19.2. The number of aromatic nitrogens is 2. The number of nitrogens with one attached hydrogen (secondary N) is 1. The lowest BCUT2D eigenvalue weighted by Crippen LogP contribution is -2.40. The Hall–Kier alpha value is -0.980. The topological polar surface area (TPSA) is 80.4 Å². The number of hydrogen-bond donors (Lipinski definition) is 2. The van der Waals surface area contributed by atoms with Gasteiger partial charge in [0, 0.05) is 6.61 Å². The molecule has 2 heterocycles. The summed E-state index contributed by atoms with van der Waals surface area (Å²) in [5, 5.41) is 17.9. The van der Waals surface area contributed by atoms with Crippen LogP contribution in [-0.4, -0.2) is 34.9 Å². The van der Waals surface area contributed by atoms with E-state index in [0.29, 0.717) is 31.2 Å². The summed E-state index contributed by atoms with van der Waals surface area (Å²) in [5.74, 6) is 0.867.